The molecule has 2 unspecified atom stereocenters. The quantitative estimate of drug-likeness (QED) is 0.849. The number of rotatable bonds is 5. The number of ether oxygens (including phenoxy) is 2. The number of piperidine rings is 1. The van der Waals surface area contributed by atoms with Crippen LogP contribution in [-0.4, -0.2) is 46.1 Å². The van der Waals surface area contributed by atoms with Crippen LogP contribution < -0.4 is 15.2 Å². The molecule has 1 aromatic carbocycles. The molecule has 0 aromatic heterocycles. The molecule has 1 aliphatic rings. The number of nitrogens with two attached hydrogens (primary N) is 1. The molecule has 2 N–H and O–H groups in total. The molecule has 1 fully saturated rings. The lowest BCUT2D eigenvalue weighted by Gasteiger charge is -2.34. The van der Waals surface area contributed by atoms with Crippen LogP contribution >= 0.6 is 12.4 Å². The highest BCUT2D eigenvalue weighted by atomic mass is 35.5. The van der Waals surface area contributed by atoms with Crippen molar-refractivity contribution in [3.8, 4) is 11.5 Å². The summed E-state index contributed by atoms with van der Waals surface area (Å²) >= 11 is 0. The number of nitrogens with zero attached hydrogens (tertiary/aromatic N) is 1. The molecule has 0 amide bonds. The fourth-order valence-electron chi connectivity index (χ4n) is 3.00. The molecule has 1 saturated heterocycles. The van der Waals surface area contributed by atoms with Crippen LogP contribution in [-0.2, 0) is 10.0 Å². The normalized spacial score (nSPS) is 20.1. The summed E-state index contributed by atoms with van der Waals surface area (Å²) in [5.41, 5.74) is 6.61. The first-order chi connectivity index (χ1) is 10.8. The van der Waals surface area contributed by atoms with E-state index in [1.54, 1.807) is 23.4 Å². The minimum Gasteiger partial charge on any atom is -0.493 e. The van der Waals surface area contributed by atoms with E-state index in [2.05, 4.69) is 0 Å². The molecule has 24 heavy (non-hydrogen) atoms. The summed E-state index contributed by atoms with van der Waals surface area (Å²) in [5, 5.41) is 0. The summed E-state index contributed by atoms with van der Waals surface area (Å²) in [6, 6.07) is 3.22. The van der Waals surface area contributed by atoms with Gasteiger partial charge in [0.2, 0.25) is 10.0 Å². The molecule has 0 spiro atoms. The van der Waals surface area contributed by atoms with E-state index in [-0.39, 0.29) is 29.3 Å². The van der Waals surface area contributed by atoms with Gasteiger partial charge in [-0.15, -0.1) is 12.4 Å². The zero-order valence-electron chi connectivity index (χ0n) is 14.6. The molecule has 2 atom stereocenters. The third-order valence-corrected chi connectivity index (χ3v) is 6.47. The number of halogens is 1. The number of sulfonamides is 1. The highest BCUT2D eigenvalue weighted by molar-refractivity contribution is 7.89. The Hall–Kier alpha value is -1.02. The fourth-order valence-corrected chi connectivity index (χ4v) is 4.76. The lowest BCUT2D eigenvalue weighted by molar-refractivity contribution is 0.243. The largest absolute Gasteiger partial charge is 0.493 e. The second-order valence-corrected chi connectivity index (χ2v) is 8.00. The Kier molecular flexibility index (Phi) is 7.34. The van der Waals surface area contributed by atoms with Gasteiger partial charge in [-0.2, -0.15) is 4.31 Å². The van der Waals surface area contributed by atoms with Gasteiger partial charge in [0.1, 0.15) is 0 Å². The molecular weight excluding hydrogens is 352 g/mol. The predicted molar refractivity (Wildman–Crippen MR) is 96.7 cm³/mol. The molecule has 6 nitrogen and oxygen atoms in total. The molecule has 138 valence electrons. The van der Waals surface area contributed by atoms with Gasteiger partial charge < -0.3 is 15.2 Å². The Labute approximate surface area is 150 Å². The summed E-state index contributed by atoms with van der Waals surface area (Å²) in [6.07, 6.45) is 1.80. The van der Waals surface area contributed by atoms with E-state index < -0.39 is 10.0 Å². The van der Waals surface area contributed by atoms with Crippen molar-refractivity contribution >= 4 is 22.4 Å². The maximum absolute atomic E-state index is 13.0. The average molecular weight is 379 g/mol. The van der Waals surface area contributed by atoms with Gasteiger partial charge in [-0.05, 0) is 44.2 Å². The summed E-state index contributed by atoms with van der Waals surface area (Å²) < 4.78 is 38.1. The van der Waals surface area contributed by atoms with E-state index in [1.165, 1.54) is 14.2 Å². The summed E-state index contributed by atoms with van der Waals surface area (Å²) in [4.78, 5) is 0.264. The standard InChI is InChI=1S/C16H26N2O4S.ClH/c1-11-8-14(21-3)15(22-4)9-16(11)23(19,20)18-7-5-6-13(10-18)12(2)17;/h8-9,12-13H,5-7,10,17H2,1-4H3;1H. The van der Waals surface area contributed by atoms with Gasteiger partial charge in [-0.3, -0.25) is 0 Å². The zero-order chi connectivity index (χ0) is 17.2. The SMILES string of the molecule is COc1cc(C)c(S(=O)(=O)N2CCCC(C(C)N)C2)cc1OC.Cl. The van der Waals surface area contributed by atoms with E-state index >= 15 is 0 Å². The first-order valence-electron chi connectivity index (χ1n) is 7.79. The minimum atomic E-state index is -3.57. The molecule has 0 bridgehead atoms. The Balaban J connectivity index is 0.00000288. The van der Waals surface area contributed by atoms with E-state index in [4.69, 9.17) is 15.2 Å². The number of hydrogen-bond donors (Lipinski definition) is 1. The van der Waals surface area contributed by atoms with Crippen molar-refractivity contribution < 1.29 is 17.9 Å². The van der Waals surface area contributed by atoms with Gasteiger partial charge in [0.05, 0.1) is 19.1 Å². The first-order valence-corrected chi connectivity index (χ1v) is 9.23. The molecule has 0 aliphatic carbocycles. The molecule has 1 heterocycles. The highest BCUT2D eigenvalue weighted by Gasteiger charge is 2.33. The maximum atomic E-state index is 13.0. The Bertz CT molecular complexity index is 664. The van der Waals surface area contributed by atoms with Gasteiger partial charge in [0.25, 0.3) is 0 Å². The zero-order valence-corrected chi connectivity index (χ0v) is 16.2. The molecule has 1 aliphatic heterocycles. The monoisotopic (exact) mass is 378 g/mol. The van der Waals surface area contributed by atoms with Crippen molar-refractivity contribution in [2.24, 2.45) is 11.7 Å². The van der Waals surface area contributed by atoms with Crippen LogP contribution in [0.5, 0.6) is 11.5 Å². The number of hydrogen-bond acceptors (Lipinski definition) is 5. The molecule has 0 radical (unpaired) electrons. The van der Waals surface area contributed by atoms with Crippen molar-refractivity contribution in [3.05, 3.63) is 17.7 Å². The van der Waals surface area contributed by atoms with Crippen molar-refractivity contribution in [2.75, 3.05) is 27.3 Å². The third kappa shape index (κ3) is 4.14. The van der Waals surface area contributed by atoms with E-state index in [0.29, 0.717) is 30.2 Å². The van der Waals surface area contributed by atoms with Crippen molar-refractivity contribution in [3.63, 3.8) is 0 Å². The molecular formula is C16H27ClN2O4S. The van der Waals surface area contributed by atoms with Crippen molar-refractivity contribution in [2.45, 2.75) is 37.6 Å². The van der Waals surface area contributed by atoms with Crippen LogP contribution in [0.15, 0.2) is 17.0 Å². The van der Waals surface area contributed by atoms with Crippen LogP contribution in [0.3, 0.4) is 0 Å². The molecule has 2 rings (SSSR count). The second kappa shape index (κ2) is 8.38. The van der Waals surface area contributed by atoms with Gasteiger partial charge in [-0.25, -0.2) is 8.42 Å². The van der Waals surface area contributed by atoms with Gasteiger partial charge >= 0.3 is 0 Å². The van der Waals surface area contributed by atoms with E-state index in [9.17, 15) is 8.42 Å². The van der Waals surface area contributed by atoms with Crippen LogP contribution in [0.25, 0.3) is 0 Å². The van der Waals surface area contributed by atoms with Crippen LogP contribution in [0, 0.1) is 12.8 Å². The Morgan fingerprint density at radius 1 is 1.25 bits per heavy atom. The highest BCUT2D eigenvalue weighted by Crippen LogP contribution is 2.34. The number of methoxy groups -OCH3 is 2. The smallest absolute Gasteiger partial charge is 0.243 e. The van der Waals surface area contributed by atoms with E-state index in [0.717, 1.165) is 12.8 Å². The lowest BCUT2D eigenvalue weighted by Crippen LogP contribution is -2.45. The fraction of sp³-hybridized carbons (Fsp3) is 0.625. The van der Waals surface area contributed by atoms with Crippen molar-refractivity contribution in [1.29, 1.82) is 0 Å². The summed E-state index contributed by atoms with van der Waals surface area (Å²) in [7, 11) is -0.547. The Morgan fingerprint density at radius 3 is 2.38 bits per heavy atom. The van der Waals surface area contributed by atoms with Gasteiger partial charge in [0, 0.05) is 25.2 Å². The number of benzene rings is 1. The predicted octanol–water partition coefficient (Wildman–Crippen LogP) is 2.18. The Morgan fingerprint density at radius 2 is 1.83 bits per heavy atom. The molecule has 8 heteroatoms. The maximum Gasteiger partial charge on any atom is 0.243 e. The van der Waals surface area contributed by atoms with Crippen LogP contribution in [0.4, 0.5) is 0 Å². The lowest BCUT2D eigenvalue weighted by atomic mass is 9.93. The molecule has 1 aromatic rings. The summed E-state index contributed by atoms with van der Waals surface area (Å²) in [5.74, 6) is 1.13. The van der Waals surface area contributed by atoms with Gasteiger partial charge in [0.15, 0.2) is 11.5 Å². The average Bonchev–Trinajstić information content (AvgIpc) is 2.54. The third-order valence-electron chi connectivity index (χ3n) is 4.46. The van der Waals surface area contributed by atoms with E-state index in [1.807, 2.05) is 6.92 Å². The second-order valence-electron chi connectivity index (χ2n) is 6.10. The minimum absolute atomic E-state index is 0. The van der Waals surface area contributed by atoms with Gasteiger partial charge in [-0.1, -0.05) is 0 Å². The topological polar surface area (TPSA) is 81.9 Å². The van der Waals surface area contributed by atoms with Crippen molar-refractivity contribution in [1.82, 2.24) is 4.31 Å². The number of aryl methyl sites for hydroxylation is 1. The first kappa shape index (κ1) is 21.0. The van der Waals surface area contributed by atoms with Crippen LogP contribution in [0.2, 0.25) is 0 Å². The summed E-state index contributed by atoms with van der Waals surface area (Å²) in [6.45, 7) is 4.69. The van der Waals surface area contributed by atoms with Crippen LogP contribution in [0.1, 0.15) is 25.3 Å². The molecule has 0 saturated carbocycles.